The summed E-state index contributed by atoms with van der Waals surface area (Å²) in [5, 5.41) is 1.62. The number of fused-ring (bicyclic) bond motifs is 1. The van der Waals surface area contributed by atoms with Gasteiger partial charge in [0.1, 0.15) is 0 Å². The number of benzene rings is 2. The van der Waals surface area contributed by atoms with E-state index in [0.29, 0.717) is 34.2 Å². The third-order valence-electron chi connectivity index (χ3n) is 4.63. The predicted molar refractivity (Wildman–Crippen MR) is 124 cm³/mol. The van der Waals surface area contributed by atoms with E-state index in [0.717, 1.165) is 11.1 Å². The minimum Gasteiger partial charge on any atom is -0.338 e. The molecular weight excluding hydrogens is 418 g/mol. The normalized spacial score (nSPS) is 10.9. The number of hydrogen-bond acceptors (Lipinski definition) is 4. The zero-order chi connectivity index (χ0) is 21.7. The monoisotopic (exact) mass is 441 g/mol. The van der Waals surface area contributed by atoms with Crippen LogP contribution >= 0.6 is 23.4 Å². The molecule has 0 radical (unpaired) electrons. The van der Waals surface area contributed by atoms with Crippen molar-refractivity contribution in [3.05, 3.63) is 81.6 Å². The molecule has 0 aliphatic heterocycles. The van der Waals surface area contributed by atoms with Gasteiger partial charge < -0.3 is 4.90 Å². The zero-order valence-electron chi connectivity index (χ0n) is 17.1. The number of likely N-dealkylation sites (N-methyl/N-ethyl adjacent to an activating group) is 1. The summed E-state index contributed by atoms with van der Waals surface area (Å²) in [5.74, 6) is 0.172. The van der Waals surface area contributed by atoms with Crippen LogP contribution in [-0.4, -0.2) is 39.2 Å². The predicted octanol–water partition coefficient (Wildman–Crippen LogP) is 4.61. The largest absolute Gasteiger partial charge is 0.338 e. The lowest BCUT2D eigenvalue weighted by Gasteiger charge is -2.21. The van der Waals surface area contributed by atoms with Crippen LogP contribution in [0.1, 0.15) is 19.4 Å². The van der Waals surface area contributed by atoms with Crippen molar-refractivity contribution in [2.75, 3.05) is 18.8 Å². The van der Waals surface area contributed by atoms with Gasteiger partial charge >= 0.3 is 0 Å². The Kier molecular flexibility index (Phi) is 7.34. The van der Waals surface area contributed by atoms with E-state index in [1.54, 1.807) is 21.6 Å². The zero-order valence-corrected chi connectivity index (χ0v) is 18.7. The minimum atomic E-state index is -0.148. The second kappa shape index (κ2) is 9.96. The number of amides is 1. The average molecular weight is 442 g/mol. The van der Waals surface area contributed by atoms with Crippen LogP contribution < -0.4 is 5.56 Å². The highest BCUT2D eigenvalue weighted by Crippen LogP contribution is 2.22. The Balaban J connectivity index is 1.96. The number of para-hydroxylation sites is 1. The Morgan fingerprint density at radius 2 is 1.90 bits per heavy atom. The number of rotatable bonds is 8. The van der Waals surface area contributed by atoms with Gasteiger partial charge in [0.2, 0.25) is 5.91 Å². The van der Waals surface area contributed by atoms with E-state index in [9.17, 15) is 9.59 Å². The van der Waals surface area contributed by atoms with E-state index in [1.165, 1.54) is 11.8 Å². The topological polar surface area (TPSA) is 55.2 Å². The Labute approximate surface area is 185 Å². The summed E-state index contributed by atoms with van der Waals surface area (Å²) in [5.41, 5.74) is 2.21. The summed E-state index contributed by atoms with van der Waals surface area (Å²) in [6.45, 7) is 9.13. The van der Waals surface area contributed by atoms with Gasteiger partial charge in [0.25, 0.3) is 5.56 Å². The molecule has 1 heterocycles. The van der Waals surface area contributed by atoms with Crippen molar-refractivity contribution in [3.8, 4) is 0 Å². The number of nitrogens with zero attached hydrogens (tertiary/aromatic N) is 3. The van der Waals surface area contributed by atoms with Crippen LogP contribution in [0.4, 0.5) is 0 Å². The van der Waals surface area contributed by atoms with E-state index in [1.807, 2.05) is 50.2 Å². The molecule has 30 heavy (non-hydrogen) atoms. The summed E-state index contributed by atoms with van der Waals surface area (Å²) in [7, 11) is 0. The maximum atomic E-state index is 13.2. The Morgan fingerprint density at radius 1 is 1.20 bits per heavy atom. The lowest BCUT2D eigenvalue weighted by atomic mass is 10.2. The highest BCUT2D eigenvalue weighted by Gasteiger charge is 2.17. The van der Waals surface area contributed by atoms with Crippen LogP contribution in [0.2, 0.25) is 5.02 Å². The second-order valence-corrected chi connectivity index (χ2v) is 8.40. The van der Waals surface area contributed by atoms with Gasteiger partial charge in [0.05, 0.1) is 23.2 Å². The number of thioether (sulfide) groups is 1. The fourth-order valence-electron chi connectivity index (χ4n) is 3.11. The number of halogens is 1. The van der Waals surface area contributed by atoms with Crippen molar-refractivity contribution < 1.29 is 4.79 Å². The lowest BCUT2D eigenvalue weighted by Crippen LogP contribution is -2.34. The number of aromatic nitrogens is 2. The van der Waals surface area contributed by atoms with Gasteiger partial charge in [-0.05, 0) is 37.6 Å². The van der Waals surface area contributed by atoms with Gasteiger partial charge in [-0.15, -0.1) is 0 Å². The first kappa shape index (κ1) is 22.1. The first-order chi connectivity index (χ1) is 14.4. The van der Waals surface area contributed by atoms with Gasteiger partial charge in [-0.2, -0.15) is 0 Å². The van der Waals surface area contributed by atoms with Crippen molar-refractivity contribution in [1.82, 2.24) is 14.5 Å². The third kappa shape index (κ3) is 5.12. The SMILES string of the molecule is C=C(C)CN(CC)C(=O)CSc1nc2ccccc2c(=O)n1Cc1ccccc1Cl. The van der Waals surface area contributed by atoms with Gasteiger partial charge in [0.15, 0.2) is 5.16 Å². The van der Waals surface area contributed by atoms with Crippen molar-refractivity contribution in [2.45, 2.75) is 25.5 Å². The van der Waals surface area contributed by atoms with Crippen LogP contribution in [-0.2, 0) is 11.3 Å². The second-order valence-electron chi connectivity index (χ2n) is 7.05. The Bertz CT molecular complexity index is 1140. The number of hydrogen-bond donors (Lipinski definition) is 0. The maximum absolute atomic E-state index is 13.2. The first-order valence-electron chi connectivity index (χ1n) is 9.68. The molecule has 3 aromatic rings. The van der Waals surface area contributed by atoms with E-state index in [4.69, 9.17) is 11.6 Å². The molecule has 3 rings (SSSR count). The summed E-state index contributed by atoms with van der Waals surface area (Å²) >= 11 is 7.59. The van der Waals surface area contributed by atoms with E-state index in [-0.39, 0.29) is 23.8 Å². The average Bonchev–Trinajstić information content (AvgIpc) is 2.73. The first-order valence-corrected chi connectivity index (χ1v) is 11.0. The smallest absolute Gasteiger partial charge is 0.262 e. The third-order valence-corrected chi connectivity index (χ3v) is 5.96. The van der Waals surface area contributed by atoms with E-state index < -0.39 is 0 Å². The molecule has 0 saturated carbocycles. The van der Waals surface area contributed by atoms with Crippen LogP contribution in [0, 0.1) is 0 Å². The fraction of sp³-hybridized carbons (Fsp3) is 0.261. The van der Waals surface area contributed by atoms with E-state index >= 15 is 0 Å². The summed E-state index contributed by atoms with van der Waals surface area (Å²) in [6.07, 6.45) is 0. The highest BCUT2D eigenvalue weighted by molar-refractivity contribution is 7.99. The van der Waals surface area contributed by atoms with E-state index in [2.05, 4.69) is 11.6 Å². The molecule has 0 aliphatic rings. The van der Waals surface area contributed by atoms with Crippen molar-refractivity contribution in [2.24, 2.45) is 0 Å². The molecule has 0 atom stereocenters. The van der Waals surface area contributed by atoms with Crippen LogP contribution in [0.25, 0.3) is 10.9 Å². The van der Waals surface area contributed by atoms with Crippen molar-refractivity contribution in [1.29, 1.82) is 0 Å². The Morgan fingerprint density at radius 3 is 2.60 bits per heavy atom. The maximum Gasteiger partial charge on any atom is 0.262 e. The highest BCUT2D eigenvalue weighted by atomic mass is 35.5. The van der Waals surface area contributed by atoms with Crippen LogP contribution in [0.15, 0.2) is 70.6 Å². The molecule has 0 fully saturated rings. The van der Waals surface area contributed by atoms with Gasteiger partial charge in [0, 0.05) is 18.1 Å². The molecule has 5 nitrogen and oxygen atoms in total. The van der Waals surface area contributed by atoms with Crippen molar-refractivity contribution >= 4 is 40.2 Å². The molecule has 156 valence electrons. The molecule has 2 aromatic carbocycles. The number of carbonyl (C=O) groups is 1. The summed E-state index contributed by atoms with van der Waals surface area (Å²) < 4.78 is 1.59. The molecule has 0 unspecified atom stereocenters. The van der Waals surface area contributed by atoms with Crippen LogP contribution in [0.3, 0.4) is 0 Å². The molecule has 0 N–H and O–H groups in total. The quantitative estimate of drug-likeness (QED) is 0.291. The molecule has 0 spiro atoms. The fourth-order valence-corrected chi connectivity index (χ4v) is 4.21. The standard InChI is InChI=1S/C23H24ClN3O2S/c1-4-26(13-16(2)3)21(28)15-30-23-25-20-12-8-6-10-18(20)22(29)27(23)14-17-9-5-7-11-19(17)24/h5-12H,2,4,13-15H2,1,3H3. The van der Waals surface area contributed by atoms with Gasteiger partial charge in [-0.3, -0.25) is 14.2 Å². The molecule has 0 saturated heterocycles. The van der Waals surface area contributed by atoms with Gasteiger partial charge in [-0.25, -0.2) is 4.98 Å². The summed E-state index contributed by atoms with van der Waals surface area (Å²) in [6, 6.07) is 14.6. The summed E-state index contributed by atoms with van der Waals surface area (Å²) in [4.78, 5) is 32.3. The molecule has 0 bridgehead atoms. The Hall–Kier alpha value is -2.57. The minimum absolute atomic E-state index is 0.0165. The molecular formula is C23H24ClN3O2S. The van der Waals surface area contributed by atoms with Crippen LogP contribution in [0.5, 0.6) is 0 Å². The molecule has 0 aliphatic carbocycles. The lowest BCUT2D eigenvalue weighted by molar-refractivity contribution is -0.127. The number of carbonyl (C=O) groups excluding carboxylic acids is 1. The molecule has 1 amide bonds. The van der Waals surface area contributed by atoms with Crippen molar-refractivity contribution in [3.63, 3.8) is 0 Å². The molecule has 7 heteroatoms. The van der Waals surface area contributed by atoms with Gasteiger partial charge in [-0.1, -0.05) is 65.8 Å². The molecule has 1 aromatic heterocycles.